The number of oxime groups is 1. The molecule has 0 fully saturated rings. The molecule has 1 aliphatic heterocycles. The Bertz CT molecular complexity index is 798. The maximum atomic E-state index is 13.9. The van der Waals surface area contributed by atoms with Gasteiger partial charge in [-0.1, -0.05) is 22.8 Å². The standard InChI is InChI=1S/C16H16ClFN4O2/c1-3-22-8-13(9(2)20-22)19-16(23)14-7-12(21-24-14)15-10(17)5-4-6-11(15)18/h4-6,8,14H,3,7H2,1-2H3,(H,19,23). The molecule has 1 aliphatic rings. The second kappa shape index (κ2) is 6.60. The highest BCUT2D eigenvalue weighted by molar-refractivity contribution is 6.34. The Morgan fingerprint density at radius 2 is 2.33 bits per heavy atom. The fraction of sp³-hybridized carbons (Fsp3) is 0.312. The highest BCUT2D eigenvalue weighted by Crippen LogP contribution is 2.26. The van der Waals surface area contributed by atoms with Gasteiger partial charge in [0.25, 0.3) is 5.91 Å². The topological polar surface area (TPSA) is 68.5 Å². The largest absolute Gasteiger partial charge is 0.382 e. The third-order valence-corrected chi connectivity index (χ3v) is 4.06. The normalized spacial score (nSPS) is 16.7. The molecule has 0 bridgehead atoms. The van der Waals surface area contributed by atoms with Crippen LogP contribution in [0.25, 0.3) is 0 Å². The van der Waals surface area contributed by atoms with E-state index in [1.165, 1.54) is 12.1 Å². The van der Waals surface area contributed by atoms with Crippen molar-refractivity contribution in [2.75, 3.05) is 5.32 Å². The molecule has 1 amide bonds. The third-order valence-electron chi connectivity index (χ3n) is 3.74. The summed E-state index contributed by atoms with van der Waals surface area (Å²) in [6.45, 7) is 4.46. The van der Waals surface area contributed by atoms with Crippen molar-refractivity contribution >= 4 is 28.9 Å². The number of aryl methyl sites for hydroxylation is 2. The first-order valence-electron chi connectivity index (χ1n) is 7.51. The van der Waals surface area contributed by atoms with E-state index in [1.54, 1.807) is 23.9 Å². The number of benzene rings is 1. The SMILES string of the molecule is CCn1cc(NC(=O)C2CC(c3c(F)cccc3Cl)=NO2)c(C)n1. The quantitative estimate of drug-likeness (QED) is 0.921. The Balaban J connectivity index is 1.70. The number of hydrogen-bond donors (Lipinski definition) is 1. The smallest absolute Gasteiger partial charge is 0.268 e. The Hall–Kier alpha value is -2.41. The van der Waals surface area contributed by atoms with Gasteiger partial charge in [-0.3, -0.25) is 9.48 Å². The van der Waals surface area contributed by atoms with Crippen LogP contribution in [0.5, 0.6) is 0 Å². The molecule has 8 heteroatoms. The second-order valence-corrected chi connectivity index (χ2v) is 5.81. The molecule has 24 heavy (non-hydrogen) atoms. The zero-order chi connectivity index (χ0) is 17.3. The lowest BCUT2D eigenvalue weighted by atomic mass is 10.0. The van der Waals surface area contributed by atoms with E-state index in [9.17, 15) is 9.18 Å². The van der Waals surface area contributed by atoms with Crippen molar-refractivity contribution in [3.05, 3.63) is 46.5 Å². The molecule has 1 atom stereocenters. The molecule has 1 N–H and O–H groups in total. The van der Waals surface area contributed by atoms with Crippen LogP contribution in [0.4, 0.5) is 10.1 Å². The third kappa shape index (κ3) is 3.12. The van der Waals surface area contributed by atoms with Gasteiger partial charge in [-0.15, -0.1) is 0 Å². The highest BCUT2D eigenvalue weighted by atomic mass is 35.5. The summed E-state index contributed by atoms with van der Waals surface area (Å²) in [7, 11) is 0. The van der Waals surface area contributed by atoms with Crippen molar-refractivity contribution in [2.24, 2.45) is 5.16 Å². The lowest BCUT2D eigenvalue weighted by Crippen LogP contribution is -2.28. The van der Waals surface area contributed by atoms with E-state index in [2.05, 4.69) is 15.6 Å². The predicted molar refractivity (Wildman–Crippen MR) is 88.7 cm³/mol. The van der Waals surface area contributed by atoms with Crippen molar-refractivity contribution in [3.63, 3.8) is 0 Å². The van der Waals surface area contributed by atoms with Crippen LogP contribution in [0.1, 0.15) is 24.6 Å². The van der Waals surface area contributed by atoms with Gasteiger partial charge in [0.15, 0.2) is 0 Å². The van der Waals surface area contributed by atoms with Crippen LogP contribution >= 0.6 is 11.6 Å². The Morgan fingerprint density at radius 1 is 1.54 bits per heavy atom. The van der Waals surface area contributed by atoms with E-state index in [4.69, 9.17) is 16.4 Å². The van der Waals surface area contributed by atoms with Crippen LogP contribution < -0.4 is 5.32 Å². The maximum absolute atomic E-state index is 13.9. The van der Waals surface area contributed by atoms with Gasteiger partial charge in [0.1, 0.15) is 5.82 Å². The number of rotatable bonds is 4. The number of hydrogen-bond acceptors (Lipinski definition) is 4. The summed E-state index contributed by atoms with van der Waals surface area (Å²) in [6.07, 6.45) is 1.06. The molecule has 1 unspecified atom stereocenters. The molecular weight excluding hydrogens is 335 g/mol. The molecule has 2 aromatic rings. The predicted octanol–water partition coefficient (Wildman–Crippen LogP) is 3.14. The van der Waals surface area contributed by atoms with Crippen molar-refractivity contribution in [2.45, 2.75) is 32.9 Å². The summed E-state index contributed by atoms with van der Waals surface area (Å²) in [4.78, 5) is 17.5. The summed E-state index contributed by atoms with van der Waals surface area (Å²) < 4.78 is 15.7. The molecule has 1 aromatic heterocycles. The molecule has 0 saturated carbocycles. The van der Waals surface area contributed by atoms with Gasteiger partial charge in [-0.2, -0.15) is 5.10 Å². The molecule has 2 heterocycles. The lowest BCUT2D eigenvalue weighted by Gasteiger charge is -2.08. The summed E-state index contributed by atoms with van der Waals surface area (Å²) >= 11 is 6.02. The van der Waals surface area contributed by atoms with Crippen molar-refractivity contribution in [1.29, 1.82) is 0 Å². The van der Waals surface area contributed by atoms with E-state index < -0.39 is 11.9 Å². The van der Waals surface area contributed by atoms with Gasteiger partial charge in [0.05, 0.1) is 27.7 Å². The molecular formula is C16H16ClFN4O2. The second-order valence-electron chi connectivity index (χ2n) is 5.41. The highest BCUT2D eigenvalue weighted by Gasteiger charge is 2.31. The van der Waals surface area contributed by atoms with Crippen molar-refractivity contribution in [1.82, 2.24) is 9.78 Å². The molecule has 6 nitrogen and oxygen atoms in total. The first kappa shape index (κ1) is 16.4. The minimum absolute atomic E-state index is 0.146. The van der Waals surface area contributed by atoms with Crippen LogP contribution in [0, 0.1) is 12.7 Å². The summed E-state index contributed by atoms with van der Waals surface area (Å²) in [5.74, 6) is -0.856. The number of amides is 1. The minimum atomic E-state index is -0.833. The fourth-order valence-corrected chi connectivity index (χ4v) is 2.73. The first-order valence-corrected chi connectivity index (χ1v) is 7.89. The average molecular weight is 351 g/mol. The number of anilines is 1. The maximum Gasteiger partial charge on any atom is 0.268 e. The van der Waals surface area contributed by atoms with Gasteiger partial charge in [-0.05, 0) is 26.0 Å². The molecule has 0 radical (unpaired) electrons. The van der Waals surface area contributed by atoms with Gasteiger partial charge in [0, 0.05) is 19.2 Å². The monoisotopic (exact) mass is 350 g/mol. The number of nitrogens with zero attached hydrogens (tertiary/aromatic N) is 3. The molecule has 0 aliphatic carbocycles. The molecule has 3 rings (SSSR count). The average Bonchev–Trinajstić information content (AvgIpc) is 3.15. The van der Waals surface area contributed by atoms with Crippen molar-refractivity contribution in [3.8, 4) is 0 Å². The van der Waals surface area contributed by atoms with Crippen LogP contribution in [-0.2, 0) is 16.2 Å². The Kier molecular flexibility index (Phi) is 4.53. The van der Waals surface area contributed by atoms with Gasteiger partial charge < -0.3 is 10.2 Å². The molecule has 0 saturated heterocycles. The number of carbonyl (C=O) groups is 1. The van der Waals surface area contributed by atoms with Gasteiger partial charge in [-0.25, -0.2) is 4.39 Å². The molecule has 1 aromatic carbocycles. The van der Waals surface area contributed by atoms with E-state index >= 15 is 0 Å². The lowest BCUT2D eigenvalue weighted by molar-refractivity contribution is -0.125. The van der Waals surface area contributed by atoms with E-state index in [0.717, 1.165) is 0 Å². The van der Waals surface area contributed by atoms with E-state index in [1.807, 2.05) is 6.92 Å². The number of carbonyl (C=O) groups excluding carboxylic acids is 1. The Labute approximate surface area is 143 Å². The van der Waals surface area contributed by atoms with Crippen LogP contribution in [0.3, 0.4) is 0 Å². The summed E-state index contributed by atoms with van der Waals surface area (Å²) in [6, 6.07) is 4.37. The van der Waals surface area contributed by atoms with Crippen molar-refractivity contribution < 1.29 is 14.0 Å². The fourth-order valence-electron chi connectivity index (χ4n) is 2.45. The van der Waals surface area contributed by atoms with Crippen LogP contribution in [0.2, 0.25) is 5.02 Å². The van der Waals surface area contributed by atoms with Gasteiger partial charge in [0.2, 0.25) is 6.10 Å². The van der Waals surface area contributed by atoms with Crippen LogP contribution in [0.15, 0.2) is 29.6 Å². The molecule has 0 spiro atoms. The summed E-state index contributed by atoms with van der Waals surface area (Å²) in [5, 5.41) is 11.1. The first-order chi connectivity index (χ1) is 11.5. The Morgan fingerprint density at radius 3 is 3.00 bits per heavy atom. The van der Waals surface area contributed by atoms with E-state index in [0.29, 0.717) is 23.6 Å². The zero-order valence-corrected chi connectivity index (χ0v) is 14.0. The van der Waals surface area contributed by atoms with Gasteiger partial charge >= 0.3 is 0 Å². The zero-order valence-electron chi connectivity index (χ0n) is 13.2. The minimum Gasteiger partial charge on any atom is -0.382 e. The molecule has 126 valence electrons. The van der Waals surface area contributed by atoms with E-state index in [-0.39, 0.29) is 22.9 Å². The number of nitrogens with one attached hydrogen (secondary N) is 1. The van der Waals surface area contributed by atoms with Crippen LogP contribution in [-0.4, -0.2) is 27.5 Å². The summed E-state index contributed by atoms with van der Waals surface area (Å²) in [5.41, 5.74) is 1.81. The number of aromatic nitrogens is 2. The number of halogens is 2.